The van der Waals surface area contributed by atoms with Crippen LogP contribution < -0.4 is 5.73 Å². The minimum atomic E-state index is 0.537. The van der Waals surface area contributed by atoms with E-state index in [1.807, 2.05) is 6.07 Å². The van der Waals surface area contributed by atoms with Gasteiger partial charge in [0.25, 0.3) is 0 Å². The Hall–Kier alpha value is -1.84. The SMILES string of the molecule is N#Cc1ccc(-c2nnc(CCN)s2)nc1. The molecule has 16 heavy (non-hydrogen) atoms. The molecule has 2 aromatic heterocycles. The lowest BCUT2D eigenvalue weighted by Crippen LogP contribution is -2.01. The molecule has 0 aliphatic heterocycles. The predicted molar refractivity (Wildman–Crippen MR) is 60.6 cm³/mol. The summed E-state index contributed by atoms with van der Waals surface area (Å²) in [4.78, 5) is 4.15. The number of nitrogens with two attached hydrogens (primary N) is 1. The molecule has 0 radical (unpaired) electrons. The Labute approximate surface area is 96.6 Å². The molecular formula is C10H9N5S. The Kier molecular flexibility index (Phi) is 3.19. The summed E-state index contributed by atoms with van der Waals surface area (Å²) >= 11 is 1.48. The molecule has 2 aromatic rings. The monoisotopic (exact) mass is 231 g/mol. The van der Waals surface area contributed by atoms with Gasteiger partial charge in [-0.1, -0.05) is 11.3 Å². The fourth-order valence-electron chi connectivity index (χ4n) is 1.17. The molecule has 0 amide bonds. The van der Waals surface area contributed by atoms with Gasteiger partial charge in [-0.2, -0.15) is 5.26 Å². The quantitative estimate of drug-likeness (QED) is 0.850. The first-order chi connectivity index (χ1) is 7.83. The first-order valence-corrected chi connectivity index (χ1v) is 5.54. The van der Waals surface area contributed by atoms with E-state index in [9.17, 15) is 0 Å². The van der Waals surface area contributed by atoms with Crippen molar-refractivity contribution in [3.05, 3.63) is 28.9 Å². The lowest BCUT2D eigenvalue weighted by molar-refractivity contribution is 0.913. The van der Waals surface area contributed by atoms with Gasteiger partial charge in [-0.3, -0.25) is 4.98 Å². The number of rotatable bonds is 3. The van der Waals surface area contributed by atoms with Crippen LogP contribution in [0.15, 0.2) is 18.3 Å². The minimum absolute atomic E-state index is 0.537. The second-order valence-electron chi connectivity index (χ2n) is 3.08. The molecule has 80 valence electrons. The maximum absolute atomic E-state index is 8.64. The molecular weight excluding hydrogens is 222 g/mol. The molecule has 0 aliphatic rings. The van der Waals surface area contributed by atoms with E-state index in [1.165, 1.54) is 17.5 Å². The zero-order valence-electron chi connectivity index (χ0n) is 8.42. The zero-order chi connectivity index (χ0) is 11.4. The van der Waals surface area contributed by atoms with Gasteiger partial charge < -0.3 is 5.73 Å². The molecule has 0 unspecified atom stereocenters. The van der Waals surface area contributed by atoms with E-state index in [2.05, 4.69) is 15.2 Å². The fraction of sp³-hybridized carbons (Fsp3) is 0.200. The van der Waals surface area contributed by atoms with Crippen LogP contribution in [0.4, 0.5) is 0 Å². The lowest BCUT2D eigenvalue weighted by Gasteiger charge is -1.93. The average molecular weight is 231 g/mol. The van der Waals surface area contributed by atoms with E-state index >= 15 is 0 Å². The third kappa shape index (κ3) is 2.21. The van der Waals surface area contributed by atoms with E-state index in [1.54, 1.807) is 12.1 Å². The maximum Gasteiger partial charge on any atom is 0.166 e. The van der Waals surface area contributed by atoms with E-state index in [0.29, 0.717) is 12.1 Å². The number of hydrogen-bond acceptors (Lipinski definition) is 6. The maximum atomic E-state index is 8.64. The van der Waals surface area contributed by atoms with Crippen molar-refractivity contribution in [2.45, 2.75) is 6.42 Å². The molecule has 2 rings (SSSR count). The minimum Gasteiger partial charge on any atom is -0.330 e. The van der Waals surface area contributed by atoms with E-state index in [0.717, 1.165) is 22.1 Å². The van der Waals surface area contributed by atoms with Crippen LogP contribution in [0.3, 0.4) is 0 Å². The fourth-order valence-corrected chi connectivity index (χ4v) is 2.00. The van der Waals surface area contributed by atoms with Crippen molar-refractivity contribution in [3.63, 3.8) is 0 Å². The highest BCUT2D eigenvalue weighted by atomic mass is 32.1. The van der Waals surface area contributed by atoms with Crippen molar-refractivity contribution in [2.24, 2.45) is 5.73 Å². The highest BCUT2D eigenvalue weighted by Gasteiger charge is 2.07. The summed E-state index contributed by atoms with van der Waals surface area (Å²) in [6.07, 6.45) is 2.26. The molecule has 0 aliphatic carbocycles. The van der Waals surface area contributed by atoms with Crippen LogP contribution in [-0.2, 0) is 6.42 Å². The molecule has 6 heteroatoms. The predicted octanol–water partition coefficient (Wildman–Crippen LogP) is 0.973. The van der Waals surface area contributed by atoms with Crippen molar-refractivity contribution in [3.8, 4) is 16.8 Å². The van der Waals surface area contributed by atoms with Gasteiger partial charge in [0.05, 0.1) is 5.56 Å². The van der Waals surface area contributed by atoms with Crippen LogP contribution in [0.1, 0.15) is 10.6 Å². The Morgan fingerprint density at radius 3 is 2.88 bits per heavy atom. The molecule has 0 bridgehead atoms. The van der Waals surface area contributed by atoms with Crippen LogP contribution in [-0.4, -0.2) is 21.7 Å². The highest BCUT2D eigenvalue weighted by molar-refractivity contribution is 7.14. The first-order valence-electron chi connectivity index (χ1n) is 4.72. The molecule has 0 saturated heterocycles. The van der Waals surface area contributed by atoms with E-state index < -0.39 is 0 Å². The lowest BCUT2D eigenvalue weighted by atomic mass is 10.3. The smallest absolute Gasteiger partial charge is 0.166 e. The molecule has 0 saturated carbocycles. The Morgan fingerprint density at radius 2 is 2.25 bits per heavy atom. The molecule has 2 heterocycles. The topological polar surface area (TPSA) is 88.5 Å². The number of aromatic nitrogens is 3. The molecule has 0 spiro atoms. The van der Waals surface area contributed by atoms with Gasteiger partial charge in [0.1, 0.15) is 16.8 Å². The van der Waals surface area contributed by atoms with E-state index in [4.69, 9.17) is 11.0 Å². The van der Waals surface area contributed by atoms with Gasteiger partial charge in [0, 0.05) is 12.6 Å². The Balaban J connectivity index is 2.25. The van der Waals surface area contributed by atoms with Crippen molar-refractivity contribution in [2.75, 3.05) is 6.54 Å². The standard InChI is InChI=1S/C10H9N5S/c11-4-3-9-14-15-10(16-9)8-2-1-7(5-12)6-13-8/h1-2,6H,3-4,11H2. The van der Waals surface area contributed by atoms with E-state index in [-0.39, 0.29) is 0 Å². The molecule has 0 aromatic carbocycles. The summed E-state index contributed by atoms with van der Waals surface area (Å²) < 4.78 is 0. The second-order valence-corrected chi connectivity index (χ2v) is 4.15. The third-order valence-electron chi connectivity index (χ3n) is 1.94. The van der Waals surface area contributed by atoms with Crippen LogP contribution in [0.2, 0.25) is 0 Å². The Morgan fingerprint density at radius 1 is 1.38 bits per heavy atom. The zero-order valence-corrected chi connectivity index (χ0v) is 9.24. The van der Waals surface area contributed by atoms with Gasteiger partial charge in [-0.25, -0.2) is 0 Å². The van der Waals surface area contributed by atoms with Crippen LogP contribution in [0, 0.1) is 11.3 Å². The summed E-state index contributed by atoms with van der Waals surface area (Å²) in [5, 5.41) is 18.3. The summed E-state index contributed by atoms with van der Waals surface area (Å²) in [6.45, 7) is 0.565. The van der Waals surface area contributed by atoms with Crippen molar-refractivity contribution >= 4 is 11.3 Å². The van der Waals surface area contributed by atoms with Gasteiger partial charge in [-0.15, -0.1) is 10.2 Å². The van der Waals surface area contributed by atoms with Crippen molar-refractivity contribution < 1.29 is 0 Å². The molecule has 0 fully saturated rings. The molecule has 5 nitrogen and oxygen atoms in total. The second kappa shape index (κ2) is 4.79. The number of nitrogens with zero attached hydrogens (tertiary/aromatic N) is 4. The largest absolute Gasteiger partial charge is 0.330 e. The normalized spacial score (nSPS) is 10.0. The van der Waals surface area contributed by atoms with Gasteiger partial charge >= 0.3 is 0 Å². The van der Waals surface area contributed by atoms with Gasteiger partial charge in [-0.05, 0) is 18.7 Å². The van der Waals surface area contributed by atoms with Crippen LogP contribution in [0.25, 0.3) is 10.7 Å². The first kappa shape index (κ1) is 10.7. The summed E-state index contributed by atoms with van der Waals surface area (Å²) in [7, 11) is 0. The van der Waals surface area contributed by atoms with Crippen LogP contribution >= 0.6 is 11.3 Å². The molecule has 0 atom stereocenters. The van der Waals surface area contributed by atoms with Gasteiger partial charge in [0.2, 0.25) is 0 Å². The molecule has 2 N–H and O–H groups in total. The average Bonchev–Trinajstić information content (AvgIpc) is 2.78. The Bertz CT molecular complexity index is 511. The van der Waals surface area contributed by atoms with Crippen LogP contribution in [0.5, 0.6) is 0 Å². The number of hydrogen-bond donors (Lipinski definition) is 1. The third-order valence-corrected chi connectivity index (χ3v) is 2.94. The summed E-state index contributed by atoms with van der Waals surface area (Å²) in [5.74, 6) is 0. The van der Waals surface area contributed by atoms with Crippen molar-refractivity contribution in [1.29, 1.82) is 5.26 Å². The number of nitriles is 1. The highest BCUT2D eigenvalue weighted by Crippen LogP contribution is 2.21. The van der Waals surface area contributed by atoms with Gasteiger partial charge in [0.15, 0.2) is 5.01 Å². The number of pyridine rings is 1. The van der Waals surface area contributed by atoms with Crippen molar-refractivity contribution in [1.82, 2.24) is 15.2 Å². The summed E-state index contributed by atoms with van der Waals surface area (Å²) in [6, 6.07) is 5.50. The summed E-state index contributed by atoms with van der Waals surface area (Å²) in [5.41, 5.74) is 6.71.